The Morgan fingerprint density at radius 1 is 1.39 bits per heavy atom. The highest BCUT2D eigenvalue weighted by atomic mass is 32.1. The van der Waals surface area contributed by atoms with Gasteiger partial charge < -0.3 is 14.8 Å². The van der Waals surface area contributed by atoms with Gasteiger partial charge in [-0.15, -0.1) is 11.3 Å². The van der Waals surface area contributed by atoms with Crippen LogP contribution in [0, 0.1) is 5.92 Å². The van der Waals surface area contributed by atoms with Gasteiger partial charge in [-0.2, -0.15) is 0 Å². The third-order valence-corrected chi connectivity index (χ3v) is 5.84. The van der Waals surface area contributed by atoms with Gasteiger partial charge in [0, 0.05) is 62.0 Å². The van der Waals surface area contributed by atoms with Gasteiger partial charge in [-0.1, -0.05) is 0 Å². The average Bonchev–Trinajstić information content (AvgIpc) is 3.27. The summed E-state index contributed by atoms with van der Waals surface area (Å²) in [5.74, 6) is 0.876. The summed E-state index contributed by atoms with van der Waals surface area (Å²) >= 11 is 1.70. The van der Waals surface area contributed by atoms with Crippen LogP contribution in [0.1, 0.15) is 25.0 Å². The highest BCUT2D eigenvalue weighted by Crippen LogP contribution is 2.33. The Kier molecular flexibility index (Phi) is 4.03. The number of imidazole rings is 1. The number of nitrogens with zero attached hydrogens (tertiary/aromatic N) is 4. The zero-order chi connectivity index (χ0) is 15.6. The highest BCUT2D eigenvalue weighted by Gasteiger charge is 2.39. The van der Waals surface area contributed by atoms with Crippen molar-refractivity contribution in [1.29, 1.82) is 0 Å². The number of carbonyl (C=O) groups is 1. The summed E-state index contributed by atoms with van der Waals surface area (Å²) in [6.45, 7) is 2.80. The maximum absolute atomic E-state index is 12.4. The first-order chi connectivity index (χ1) is 11.3. The van der Waals surface area contributed by atoms with Crippen LogP contribution in [0.25, 0.3) is 0 Å². The van der Waals surface area contributed by atoms with E-state index in [9.17, 15) is 4.79 Å². The summed E-state index contributed by atoms with van der Waals surface area (Å²) in [5, 5.41) is 3.15. The van der Waals surface area contributed by atoms with Gasteiger partial charge in [0.05, 0.1) is 6.33 Å². The smallest absolute Gasteiger partial charge is 0.222 e. The van der Waals surface area contributed by atoms with E-state index in [1.54, 1.807) is 17.7 Å². The molecular formula is C16H21N5OS. The molecule has 2 fully saturated rings. The Morgan fingerprint density at radius 3 is 3.13 bits per heavy atom. The molecule has 2 aromatic heterocycles. The van der Waals surface area contributed by atoms with Crippen molar-refractivity contribution in [3.05, 3.63) is 29.8 Å². The molecule has 23 heavy (non-hydrogen) atoms. The fraction of sp³-hybridized carbons (Fsp3) is 0.562. The van der Waals surface area contributed by atoms with Gasteiger partial charge in [0.1, 0.15) is 0 Å². The lowest BCUT2D eigenvalue weighted by Gasteiger charge is -2.47. The molecule has 2 atom stereocenters. The molecule has 2 saturated heterocycles. The van der Waals surface area contributed by atoms with Gasteiger partial charge in [0.15, 0.2) is 5.13 Å². The maximum Gasteiger partial charge on any atom is 0.222 e. The van der Waals surface area contributed by atoms with Crippen LogP contribution in [0.3, 0.4) is 0 Å². The number of hydrogen-bond acceptors (Lipinski definition) is 5. The fourth-order valence-electron chi connectivity index (χ4n) is 3.85. The number of thiazole rings is 1. The van der Waals surface area contributed by atoms with Gasteiger partial charge in [0.25, 0.3) is 0 Å². The number of anilines is 1. The molecule has 0 saturated carbocycles. The second-order valence-corrected chi connectivity index (χ2v) is 7.20. The molecule has 122 valence electrons. The first-order valence-electron chi connectivity index (χ1n) is 8.22. The molecule has 0 bridgehead atoms. The van der Waals surface area contributed by atoms with Crippen molar-refractivity contribution >= 4 is 22.4 Å². The van der Waals surface area contributed by atoms with Crippen LogP contribution in [-0.4, -0.2) is 51.4 Å². The largest absolute Gasteiger partial charge is 0.348 e. The lowest BCUT2D eigenvalue weighted by atomic mass is 9.83. The van der Waals surface area contributed by atoms with Crippen LogP contribution in [0.5, 0.6) is 0 Å². The second kappa shape index (κ2) is 6.31. The predicted molar refractivity (Wildman–Crippen MR) is 89.5 cm³/mol. The molecule has 2 aliphatic rings. The minimum Gasteiger partial charge on any atom is -0.348 e. The Balaban J connectivity index is 1.43. The molecule has 2 aliphatic heterocycles. The molecule has 7 heteroatoms. The summed E-state index contributed by atoms with van der Waals surface area (Å²) < 4.78 is 0. The number of carbonyl (C=O) groups excluding carboxylic acids is 1. The van der Waals surface area contributed by atoms with E-state index < -0.39 is 0 Å². The number of likely N-dealkylation sites (tertiary alicyclic amines) is 1. The molecule has 6 nitrogen and oxygen atoms in total. The number of H-pyrrole nitrogens is 1. The fourth-order valence-corrected chi connectivity index (χ4v) is 4.53. The van der Waals surface area contributed by atoms with Gasteiger partial charge in [-0.25, -0.2) is 9.97 Å². The molecule has 0 spiro atoms. The van der Waals surface area contributed by atoms with E-state index in [0.29, 0.717) is 24.3 Å². The van der Waals surface area contributed by atoms with Crippen molar-refractivity contribution in [1.82, 2.24) is 19.9 Å². The predicted octanol–water partition coefficient (Wildman–Crippen LogP) is 1.93. The van der Waals surface area contributed by atoms with Gasteiger partial charge >= 0.3 is 0 Å². The van der Waals surface area contributed by atoms with E-state index in [1.807, 2.05) is 17.8 Å². The summed E-state index contributed by atoms with van der Waals surface area (Å²) in [6.07, 6.45) is 8.98. The number of rotatable bonds is 4. The van der Waals surface area contributed by atoms with Crippen LogP contribution in [0.15, 0.2) is 24.1 Å². The Bertz CT molecular complexity index is 641. The summed E-state index contributed by atoms with van der Waals surface area (Å²) in [7, 11) is 0. The zero-order valence-electron chi connectivity index (χ0n) is 13.0. The zero-order valence-corrected chi connectivity index (χ0v) is 13.8. The van der Waals surface area contributed by atoms with Crippen molar-refractivity contribution in [2.75, 3.05) is 24.5 Å². The molecule has 1 N–H and O–H groups in total. The van der Waals surface area contributed by atoms with E-state index in [0.717, 1.165) is 49.7 Å². The van der Waals surface area contributed by atoms with Crippen LogP contribution >= 0.6 is 11.3 Å². The lowest BCUT2D eigenvalue weighted by molar-refractivity contribution is -0.139. The monoisotopic (exact) mass is 331 g/mol. The van der Waals surface area contributed by atoms with Crippen molar-refractivity contribution in [3.8, 4) is 0 Å². The average molecular weight is 331 g/mol. The van der Waals surface area contributed by atoms with Crippen LogP contribution in [0.4, 0.5) is 5.13 Å². The second-order valence-electron chi connectivity index (χ2n) is 6.33. The molecular weight excluding hydrogens is 310 g/mol. The van der Waals surface area contributed by atoms with Crippen LogP contribution in [0.2, 0.25) is 0 Å². The number of nitrogens with one attached hydrogen (secondary N) is 1. The SMILES string of the molecule is O=C1CCC2CN(c3nccs3)CCC2N1CCc1cnc[nH]1. The lowest BCUT2D eigenvalue weighted by Crippen LogP contribution is -2.56. The quantitative estimate of drug-likeness (QED) is 0.930. The van der Waals surface area contributed by atoms with E-state index in [4.69, 9.17) is 0 Å². The molecule has 2 unspecified atom stereocenters. The van der Waals surface area contributed by atoms with Gasteiger partial charge in [0.2, 0.25) is 5.91 Å². The summed E-state index contributed by atoms with van der Waals surface area (Å²) in [5.41, 5.74) is 1.10. The summed E-state index contributed by atoms with van der Waals surface area (Å²) in [4.78, 5) is 28.5. The van der Waals surface area contributed by atoms with Gasteiger partial charge in [-0.3, -0.25) is 4.79 Å². The maximum atomic E-state index is 12.4. The summed E-state index contributed by atoms with van der Waals surface area (Å²) in [6, 6.07) is 0.385. The van der Waals surface area contributed by atoms with Crippen LogP contribution in [-0.2, 0) is 11.2 Å². The normalized spacial score (nSPS) is 24.8. The number of piperidine rings is 2. The topological polar surface area (TPSA) is 65.1 Å². The first kappa shape index (κ1) is 14.7. The molecule has 0 radical (unpaired) electrons. The third-order valence-electron chi connectivity index (χ3n) is 5.01. The molecule has 4 rings (SSSR count). The van der Waals surface area contributed by atoms with Crippen LogP contribution < -0.4 is 4.90 Å². The molecule has 4 heterocycles. The first-order valence-corrected chi connectivity index (χ1v) is 9.10. The molecule has 0 aromatic carbocycles. The highest BCUT2D eigenvalue weighted by molar-refractivity contribution is 7.13. The Labute approximate surface area is 139 Å². The number of amides is 1. The van der Waals surface area contributed by atoms with E-state index >= 15 is 0 Å². The van der Waals surface area contributed by atoms with Gasteiger partial charge in [-0.05, 0) is 18.8 Å². The van der Waals surface area contributed by atoms with Crippen molar-refractivity contribution in [2.45, 2.75) is 31.7 Å². The van der Waals surface area contributed by atoms with Crippen molar-refractivity contribution < 1.29 is 4.79 Å². The number of aromatic nitrogens is 3. The van der Waals surface area contributed by atoms with Crippen molar-refractivity contribution in [2.24, 2.45) is 5.92 Å². The number of aromatic amines is 1. The van der Waals surface area contributed by atoms with E-state index in [-0.39, 0.29) is 0 Å². The molecule has 0 aliphatic carbocycles. The molecule has 2 aromatic rings. The molecule has 1 amide bonds. The standard InChI is InChI=1S/C16H21N5OS/c22-15-2-1-12-10-20(16-18-5-8-23-16)6-4-14(12)21(15)7-3-13-9-17-11-19-13/h5,8-9,11-12,14H,1-4,6-7,10H2,(H,17,19). The third kappa shape index (κ3) is 2.97. The number of fused-ring (bicyclic) bond motifs is 1. The van der Waals surface area contributed by atoms with E-state index in [2.05, 4.69) is 24.8 Å². The van der Waals surface area contributed by atoms with E-state index in [1.165, 1.54) is 0 Å². The Hall–Kier alpha value is -1.89. The minimum atomic E-state index is 0.313. The Morgan fingerprint density at radius 2 is 2.35 bits per heavy atom. The number of hydrogen-bond donors (Lipinski definition) is 1. The van der Waals surface area contributed by atoms with Crippen molar-refractivity contribution in [3.63, 3.8) is 0 Å². The minimum absolute atomic E-state index is 0.313.